The van der Waals surface area contributed by atoms with Gasteiger partial charge in [0, 0.05) is 25.7 Å². The van der Waals surface area contributed by atoms with Gasteiger partial charge >= 0.3 is 0 Å². The molecule has 16 heavy (non-hydrogen) atoms. The monoisotopic (exact) mass is 224 g/mol. The molecule has 1 rings (SSSR count). The molecular weight excluding hydrogens is 208 g/mol. The van der Waals surface area contributed by atoms with Crippen molar-refractivity contribution in [3.8, 4) is 0 Å². The van der Waals surface area contributed by atoms with Crippen LogP contribution in [0.2, 0.25) is 0 Å². The molecule has 0 saturated heterocycles. The first-order valence-electron chi connectivity index (χ1n) is 5.18. The summed E-state index contributed by atoms with van der Waals surface area (Å²) in [4.78, 5) is 21.9. The molecule has 88 valence electrons. The van der Waals surface area contributed by atoms with Crippen LogP contribution in [0.25, 0.3) is 0 Å². The smallest absolute Gasteiger partial charge is 0.221 e. The van der Waals surface area contributed by atoms with Crippen molar-refractivity contribution in [2.45, 2.75) is 26.0 Å². The van der Waals surface area contributed by atoms with Crippen molar-refractivity contribution in [3.05, 3.63) is 24.0 Å². The summed E-state index contributed by atoms with van der Waals surface area (Å²) in [5.41, 5.74) is 0.559. The van der Waals surface area contributed by atoms with Crippen LogP contribution in [0.4, 0.5) is 0 Å². The van der Waals surface area contributed by atoms with Gasteiger partial charge in [-0.15, -0.1) is 0 Å². The Kier molecular flexibility index (Phi) is 4.72. The number of aldehydes is 1. The second-order valence-electron chi connectivity index (χ2n) is 3.65. The highest BCUT2D eigenvalue weighted by Crippen LogP contribution is 2.00. The van der Waals surface area contributed by atoms with Gasteiger partial charge in [0.2, 0.25) is 5.91 Å². The third-order valence-electron chi connectivity index (χ3n) is 2.16. The number of amides is 1. The molecule has 0 aliphatic rings. The van der Waals surface area contributed by atoms with Gasteiger partial charge < -0.3 is 15.0 Å². The number of aliphatic hydroxyl groups is 1. The zero-order chi connectivity index (χ0) is 12.0. The van der Waals surface area contributed by atoms with E-state index in [1.165, 1.54) is 0 Å². The minimum absolute atomic E-state index is 0.133. The van der Waals surface area contributed by atoms with E-state index in [0.717, 1.165) is 6.29 Å². The Morgan fingerprint density at radius 2 is 2.44 bits per heavy atom. The second-order valence-corrected chi connectivity index (χ2v) is 3.65. The average Bonchev–Trinajstić information content (AvgIpc) is 2.70. The van der Waals surface area contributed by atoms with E-state index in [1.54, 1.807) is 29.8 Å². The Morgan fingerprint density at radius 1 is 1.69 bits per heavy atom. The van der Waals surface area contributed by atoms with Gasteiger partial charge in [-0.25, -0.2) is 0 Å². The minimum atomic E-state index is -0.541. The van der Waals surface area contributed by atoms with Gasteiger partial charge in [0.15, 0.2) is 6.29 Å². The third kappa shape index (κ3) is 3.86. The molecule has 0 bridgehead atoms. The van der Waals surface area contributed by atoms with E-state index in [2.05, 4.69) is 5.32 Å². The first kappa shape index (κ1) is 12.4. The lowest BCUT2D eigenvalue weighted by atomic mass is 10.3. The van der Waals surface area contributed by atoms with Crippen molar-refractivity contribution < 1.29 is 14.7 Å². The predicted octanol–water partition coefficient (Wildman–Crippen LogP) is 0.188. The summed E-state index contributed by atoms with van der Waals surface area (Å²) in [7, 11) is 0. The van der Waals surface area contributed by atoms with Crippen LogP contribution in [0.5, 0.6) is 0 Å². The molecule has 1 heterocycles. The molecule has 1 aromatic heterocycles. The number of aryl methyl sites for hydroxylation is 1. The largest absolute Gasteiger partial charge is 0.392 e. The van der Waals surface area contributed by atoms with Crippen LogP contribution in [0.1, 0.15) is 23.8 Å². The molecule has 5 heteroatoms. The lowest BCUT2D eigenvalue weighted by Gasteiger charge is -2.08. The fraction of sp³-hybridized carbons (Fsp3) is 0.455. The summed E-state index contributed by atoms with van der Waals surface area (Å²) in [6.07, 6.45) is 2.27. The molecule has 1 amide bonds. The molecule has 5 nitrogen and oxygen atoms in total. The number of hydrogen-bond acceptors (Lipinski definition) is 3. The van der Waals surface area contributed by atoms with E-state index in [0.29, 0.717) is 18.7 Å². The van der Waals surface area contributed by atoms with Crippen molar-refractivity contribution in [1.29, 1.82) is 0 Å². The SMILES string of the molecule is CC(O)CNC(=O)CCn1cccc1C=O. The van der Waals surface area contributed by atoms with E-state index in [-0.39, 0.29) is 12.5 Å². The Balaban J connectivity index is 2.34. The minimum Gasteiger partial charge on any atom is -0.392 e. The molecule has 1 unspecified atom stereocenters. The van der Waals surface area contributed by atoms with Gasteiger partial charge in [0.05, 0.1) is 11.8 Å². The van der Waals surface area contributed by atoms with Gasteiger partial charge in [0.1, 0.15) is 0 Å². The lowest BCUT2D eigenvalue weighted by molar-refractivity contribution is -0.121. The Morgan fingerprint density at radius 3 is 3.06 bits per heavy atom. The van der Waals surface area contributed by atoms with E-state index < -0.39 is 6.10 Å². The summed E-state index contributed by atoms with van der Waals surface area (Å²) in [5.74, 6) is -0.133. The molecule has 0 saturated carbocycles. The fourth-order valence-corrected chi connectivity index (χ4v) is 1.31. The number of carbonyl (C=O) groups is 2. The van der Waals surface area contributed by atoms with Crippen LogP contribution in [0.3, 0.4) is 0 Å². The van der Waals surface area contributed by atoms with Crippen molar-refractivity contribution in [2.24, 2.45) is 0 Å². The maximum absolute atomic E-state index is 11.3. The maximum atomic E-state index is 11.3. The lowest BCUT2D eigenvalue weighted by Crippen LogP contribution is -2.31. The van der Waals surface area contributed by atoms with E-state index in [9.17, 15) is 9.59 Å². The molecule has 0 aliphatic carbocycles. The van der Waals surface area contributed by atoms with Crippen molar-refractivity contribution in [2.75, 3.05) is 6.54 Å². The Labute approximate surface area is 94.1 Å². The highest BCUT2D eigenvalue weighted by atomic mass is 16.3. The van der Waals surface area contributed by atoms with Gasteiger partial charge in [0.25, 0.3) is 0 Å². The number of nitrogens with zero attached hydrogens (tertiary/aromatic N) is 1. The van der Waals surface area contributed by atoms with Crippen molar-refractivity contribution in [1.82, 2.24) is 9.88 Å². The Bertz CT molecular complexity index is 358. The number of hydrogen-bond donors (Lipinski definition) is 2. The maximum Gasteiger partial charge on any atom is 0.221 e. The third-order valence-corrected chi connectivity index (χ3v) is 2.16. The molecule has 0 spiro atoms. The van der Waals surface area contributed by atoms with Crippen LogP contribution in [-0.2, 0) is 11.3 Å². The van der Waals surface area contributed by atoms with Gasteiger partial charge in [-0.05, 0) is 19.1 Å². The normalized spacial score (nSPS) is 12.1. The van der Waals surface area contributed by atoms with Gasteiger partial charge in [-0.2, -0.15) is 0 Å². The number of aromatic nitrogens is 1. The number of nitrogens with one attached hydrogen (secondary N) is 1. The van der Waals surface area contributed by atoms with Crippen LogP contribution in [0, 0.1) is 0 Å². The molecule has 2 N–H and O–H groups in total. The van der Waals surface area contributed by atoms with Gasteiger partial charge in [-0.3, -0.25) is 9.59 Å². The summed E-state index contributed by atoms with van der Waals surface area (Å²) in [6.45, 7) is 2.33. The first-order valence-corrected chi connectivity index (χ1v) is 5.18. The highest BCUT2D eigenvalue weighted by Gasteiger charge is 2.04. The highest BCUT2D eigenvalue weighted by molar-refractivity contribution is 5.76. The number of aliphatic hydroxyl groups excluding tert-OH is 1. The second kappa shape index (κ2) is 6.07. The van der Waals surface area contributed by atoms with Crippen molar-refractivity contribution >= 4 is 12.2 Å². The predicted molar refractivity (Wildman–Crippen MR) is 59.1 cm³/mol. The zero-order valence-corrected chi connectivity index (χ0v) is 9.22. The standard InChI is InChI=1S/C11H16N2O3/c1-9(15)7-12-11(16)4-6-13-5-2-3-10(13)8-14/h2-3,5,8-9,15H,4,6-7H2,1H3,(H,12,16). The summed E-state index contributed by atoms with van der Waals surface area (Å²) in [6, 6.07) is 3.46. The Hall–Kier alpha value is -1.62. The van der Waals surface area contributed by atoms with E-state index >= 15 is 0 Å². The van der Waals surface area contributed by atoms with Crippen molar-refractivity contribution in [3.63, 3.8) is 0 Å². The van der Waals surface area contributed by atoms with Gasteiger partial charge in [-0.1, -0.05) is 0 Å². The summed E-state index contributed by atoms with van der Waals surface area (Å²) < 4.78 is 1.72. The first-order chi connectivity index (χ1) is 7.63. The fourth-order valence-electron chi connectivity index (χ4n) is 1.31. The van der Waals surface area contributed by atoms with Crippen LogP contribution in [-0.4, -0.2) is 34.5 Å². The summed E-state index contributed by atoms with van der Waals surface area (Å²) >= 11 is 0. The number of carbonyl (C=O) groups excluding carboxylic acids is 2. The molecule has 1 aromatic rings. The van der Waals surface area contributed by atoms with E-state index in [1.807, 2.05) is 0 Å². The molecule has 0 aromatic carbocycles. The molecule has 0 aliphatic heterocycles. The van der Waals surface area contributed by atoms with E-state index in [4.69, 9.17) is 5.11 Å². The van der Waals surface area contributed by atoms with Crippen LogP contribution < -0.4 is 5.32 Å². The van der Waals surface area contributed by atoms with Crippen LogP contribution in [0.15, 0.2) is 18.3 Å². The molecule has 1 atom stereocenters. The topological polar surface area (TPSA) is 71.3 Å². The quantitative estimate of drug-likeness (QED) is 0.677. The molecular formula is C11H16N2O3. The number of rotatable bonds is 6. The molecule has 0 radical (unpaired) electrons. The van der Waals surface area contributed by atoms with Crippen LogP contribution >= 0.6 is 0 Å². The average molecular weight is 224 g/mol. The zero-order valence-electron chi connectivity index (χ0n) is 9.22. The summed E-state index contributed by atoms with van der Waals surface area (Å²) in [5, 5.41) is 11.6. The molecule has 0 fully saturated rings.